The maximum absolute atomic E-state index is 13.1. The van der Waals surface area contributed by atoms with Crippen LogP contribution in [0.3, 0.4) is 0 Å². The van der Waals surface area contributed by atoms with Gasteiger partial charge in [0, 0.05) is 58.9 Å². The fourth-order valence-corrected chi connectivity index (χ4v) is 5.65. The van der Waals surface area contributed by atoms with Crippen LogP contribution in [0.15, 0.2) is 76.7 Å². The molecule has 0 bridgehead atoms. The fraction of sp³-hybridized carbons (Fsp3) is 0.281. The van der Waals surface area contributed by atoms with Crippen molar-refractivity contribution in [2.45, 2.75) is 42.4 Å². The molecule has 0 atom stereocenters. The highest BCUT2D eigenvalue weighted by Gasteiger charge is 2.17. The maximum Gasteiger partial charge on any atom is 0.253 e. The van der Waals surface area contributed by atoms with Gasteiger partial charge in [0.1, 0.15) is 5.75 Å². The first-order valence-corrected chi connectivity index (χ1v) is 14.4. The Balaban J connectivity index is 1.62. The van der Waals surface area contributed by atoms with Crippen LogP contribution in [0, 0.1) is 6.92 Å². The minimum Gasteiger partial charge on any atom is -0.497 e. The predicted molar refractivity (Wildman–Crippen MR) is 164 cm³/mol. The van der Waals surface area contributed by atoms with Gasteiger partial charge in [-0.15, -0.1) is 0 Å². The molecule has 1 heterocycles. The molecule has 4 rings (SSSR count). The van der Waals surface area contributed by atoms with Gasteiger partial charge in [0.15, 0.2) is 0 Å². The molecule has 0 spiro atoms. The molecular formula is C32H36N4O4S. The Hall–Kier alpha value is -4.08. The van der Waals surface area contributed by atoms with Gasteiger partial charge in [0.05, 0.1) is 23.9 Å². The van der Waals surface area contributed by atoms with E-state index < -0.39 is 5.91 Å². The topological polar surface area (TPSA) is 118 Å². The molecule has 0 aliphatic carbocycles. The highest BCUT2D eigenvalue weighted by Crippen LogP contribution is 2.37. The van der Waals surface area contributed by atoms with Crippen LogP contribution < -0.4 is 15.8 Å². The number of ether oxygens (including phenoxy) is 1. The summed E-state index contributed by atoms with van der Waals surface area (Å²) in [6.07, 6.45) is 5.15. The van der Waals surface area contributed by atoms with Gasteiger partial charge in [-0.25, -0.2) is 0 Å². The molecule has 2 amide bonds. The average molecular weight is 573 g/mol. The highest BCUT2D eigenvalue weighted by atomic mass is 32.2. The van der Waals surface area contributed by atoms with E-state index >= 15 is 0 Å². The number of primary amides is 1. The van der Waals surface area contributed by atoms with Gasteiger partial charge in [-0.1, -0.05) is 36.7 Å². The number of hydrogen-bond acceptors (Lipinski definition) is 7. The van der Waals surface area contributed by atoms with Crippen LogP contribution in [0.25, 0.3) is 10.9 Å². The van der Waals surface area contributed by atoms with E-state index in [9.17, 15) is 9.59 Å². The van der Waals surface area contributed by atoms with E-state index in [1.165, 1.54) is 18.0 Å². The average Bonchev–Trinajstić information content (AvgIpc) is 2.97. The summed E-state index contributed by atoms with van der Waals surface area (Å²) in [5, 5.41) is 13.1. The molecule has 0 aliphatic heterocycles. The van der Waals surface area contributed by atoms with Crippen LogP contribution in [0.2, 0.25) is 0 Å². The summed E-state index contributed by atoms with van der Waals surface area (Å²) in [6.45, 7) is 2.86. The lowest BCUT2D eigenvalue weighted by molar-refractivity contribution is 0.0791. The van der Waals surface area contributed by atoms with Crippen LogP contribution in [-0.4, -0.2) is 54.1 Å². The van der Waals surface area contributed by atoms with E-state index in [1.807, 2.05) is 74.6 Å². The number of aromatic nitrogens is 1. The fourth-order valence-electron chi connectivity index (χ4n) is 4.64. The number of carbonyl (C=O) groups is 2. The molecule has 1 aromatic heterocycles. The molecule has 0 aliphatic rings. The van der Waals surface area contributed by atoms with Crippen molar-refractivity contribution in [3.05, 3.63) is 83.6 Å². The lowest BCUT2D eigenvalue weighted by Gasteiger charge is -2.18. The number of anilines is 2. The number of methoxy groups -OCH3 is 1. The van der Waals surface area contributed by atoms with Crippen molar-refractivity contribution in [3.63, 3.8) is 0 Å². The van der Waals surface area contributed by atoms with Crippen LogP contribution in [-0.2, 0) is 0 Å². The van der Waals surface area contributed by atoms with Crippen molar-refractivity contribution in [3.8, 4) is 5.75 Å². The molecule has 9 heteroatoms. The van der Waals surface area contributed by atoms with Crippen LogP contribution in [0.5, 0.6) is 5.75 Å². The molecule has 0 fully saturated rings. The number of hydrogen-bond donors (Lipinski definition) is 3. The van der Waals surface area contributed by atoms with Crippen molar-refractivity contribution in [2.24, 2.45) is 5.73 Å². The number of amides is 2. The van der Waals surface area contributed by atoms with E-state index in [2.05, 4.69) is 10.3 Å². The van der Waals surface area contributed by atoms with Gasteiger partial charge < -0.3 is 25.8 Å². The van der Waals surface area contributed by atoms with Crippen molar-refractivity contribution < 1.29 is 19.4 Å². The van der Waals surface area contributed by atoms with Crippen molar-refractivity contribution in [1.82, 2.24) is 9.88 Å². The Morgan fingerprint density at radius 3 is 2.56 bits per heavy atom. The summed E-state index contributed by atoms with van der Waals surface area (Å²) in [6, 6.07) is 19.1. The number of aliphatic hydroxyl groups excluding tert-OH is 1. The van der Waals surface area contributed by atoms with E-state index in [1.54, 1.807) is 12.0 Å². The van der Waals surface area contributed by atoms with Gasteiger partial charge in [-0.05, 0) is 67.8 Å². The van der Waals surface area contributed by atoms with Gasteiger partial charge in [0.2, 0.25) is 0 Å². The molecule has 214 valence electrons. The SMILES string of the molecule is COc1cccc(Nc2c(C(N)=O)cnc3c(C)cc(Sc4cccc(C(=O)N(C)CCCCCCO)c4)cc23)c1. The smallest absolute Gasteiger partial charge is 0.253 e. The molecule has 4 aromatic rings. The zero-order valence-corrected chi connectivity index (χ0v) is 24.5. The lowest BCUT2D eigenvalue weighted by Crippen LogP contribution is -2.27. The largest absolute Gasteiger partial charge is 0.497 e. The van der Waals surface area contributed by atoms with Gasteiger partial charge >= 0.3 is 0 Å². The number of benzene rings is 3. The van der Waals surface area contributed by atoms with E-state index in [-0.39, 0.29) is 18.1 Å². The minimum absolute atomic E-state index is 0.0237. The number of unbranched alkanes of at least 4 members (excludes halogenated alkanes) is 3. The summed E-state index contributed by atoms with van der Waals surface area (Å²) in [5.74, 6) is 0.0804. The molecule has 0 radical (unpaired) electrons. The number of carbonyl (C=O) groups excluding carboxylic acids is 2. The van der Waals surface area contributed by atoms with Crippen LogP contribution >= 0.6 is 11.8 Å². The zero-order chi connectivity index (χ0) is 29.4. The van der Waals surface area contributed by atoms with Gasteiger partial charge in [-0.3, -0.25) is 14.6 Å². The molecule has 4 N–H and O–H groups in total. The molecule has 0 saturated heterocycles. The Kier molecular flexibility index (Phi) is 10.2. The standard InChI is InChI=1S/C32H36N4O4S/c1-21-16-26(41-25-13-8-10-22(17-25)32(39)36(2)14-6-4-5-7-15-37)19-27-29(21)34-20-28(31(33)38)30(27)35-23-11-9-12-24(18-23)40-3/h8-13,16-20,37H,4-7,14-15H2,1-3H3,(H2,33,38)(H,34,35). The second-order valence-electron chi connectivity index (χ2n) is 9.90. The summed E-state index contributed by atoms with van der Waals surface area (Å²) in [5.41, 5.74) is 9.68. The molecular weight excluding hydrogens is 536 g/mol. The number of pyridine rings is 1. The Bertz CT molecular complexity index is 1540. The number of aryl methyl sites for hydroxylation is 1. The summed E-state index contributed by atoms with van der Waals surface area (Å²) >= 11 is 1.54. The maximum atomic E-state index is 13.1. The Morgan fingerprint density at radius 2 is 1.80 bits per heavy atom. The van der Waals surface area contributed by atoms with E-state index in [4.69, 9.17) is 15.6 Å². The van der Waals surface area contributed by atoms with Gasteiger partial charge in [-0.2, -0.15) is 0 Å². The normalized spacial score (nSPS) is 10.9. The summed E-state index contributed by atoms with van der Waals surface area (Å²) in [7, 11) is 3.42. The molecule has 8 nitrogen and oxygen atoms in total. The number of nitrogens with zero attached hydrogens (tertiary/aromatic N) is 2. The third-order valence-electron chi connectivity index (χ3n) is 6.80. The first kappa shape index (κ1) is 29.9. The first-order chi connectivity index (χ1) is 19.8. The molecule has 0 saturated carbocycles. The molecule has 41 heavy (non-hydrogen) atoms. The number of aliphatic hydroxyl groups is 1. The molecule has 0 unspecified atom stereocenters. The van der Waals surface area contributed by atoms with Crippen molar-refractivity contribution >= 4 is 45.9 Å². The lowest BCUT2D eigenvalue weighted by atomic mass is 10.1. The highest BCUT2D eigenvalue weighted by molar-refractivity contribution is 7.99. The monoisotopic (exact) mass is 572 g/mol. The number of nitrogens with two attached hydrogens (primary N) is 1. The van der Waals surface area contributed by atoms with E-state index in [0.717, 1.165) is 57.6 Å². The number of nitrogens with one attached hydrogen (secondary N) is 1. The second kappa shape index (κ2) is 14.0. The number of rotatable bonds is 13. The predicted octanol–water partition coefficient (Wildman–Crippen LogP) is 6.17. The third-order valence-corrected chi connectivity index (χ3v) is 7.77. The summed E-state index contributed by atoms with van der Waals surface area (Å²) < 4.78 is 5.35. The Morgan fingerprint density at radius 1 is 1.02 bits per heavy atom. The third kappa shape index (κ3) is 7.56. The van der Waals surface area contributed by atoms with Crippen LogP contribution in [0.4, 0.5) is 11.4 Å². The quantitative estimate of drug-likeness (QED) is 0.164. The van der Waals surface area contributed by atoms with Crippen LogP contribution in [0.1, 0.15) is 52.0 Å². The Labute approximate surface area is 244 Å². The minimum atomic E-state index is -0.579. The van der Waals surface area contributed by atoms with Gasteiger partial charge in [0.25, 0.3) is 11.8 Å². The second-order valence-corrected chi connectivity index (χ2v) is 11.0. The first-order valence-electron chi connectivity index (χ1n) is 13.6. The van der Waals surface area contributed by atoms with Crippen molar-refractivity contribution in [2.75, 3.05) is 32.6 Å². The van der Waals surface area contributed by atoms with Crippen molar-refractivity contribution in [1.29, 1.82) is 0 Å². The number of fused-ring (bicyclic) bond motifs is 1. The molecule has 3 aromatic carbocycles. The zero-order valence-electron chi connectivity index (χ0n) is 23.6. The van der Waals surface area contributed by atoms with E-state index in [0.29, 0.717) is 23.5 Å². The summed E-state index contributed by atoms with van der Waals surface area (Å²) in [4.78, 5) is 33.6.